The van der Waals surface area contributed by atoms with Crippen LogP contribution >= 0.6 is 22.9 Å². The summed E-state index contributed by atoms with van der Waals surface area (Å²) in [5, 5.41) is 8.27. The van der Waals surface area contributed by atoms with E-state index in [-0.39, 0.29) is 11.8 Å². The van der Waals surface area contributed by atoms with E-state index < -0.39 is 5.54 Å². The van der Waals surface area contributed by atoms with Crippen molar-refractivity contribution in [3.05, 3.63) is 95.2 Å². The summed E-state index contributed by atoms with van der Waals surface area (Å²) in [4.78, 5) is 31.0. The summed E-state index contributed by atoms with van der Waals surface area (Å²) in [7, 11) is 0. The van der Waals surface area contributed by atoms with Gasteiger partial charge in [0, 0.05) is 0 Å². The molecule has 4 aromatic rings. The first-order chi connectivity index (χ1) is 16.8. The third kappa shape index (κ3) is 4.51. The fourth-order valence-electron chi connectivity index (χ4n) is 3.85. The van der Waals surface area contributed by atoms with Crippen LogP contribution < -0.4 is 21.1 Å². The van der Waals surface area contributed by atoms with Gasteiger partial charge in [-0.3, -0.25) is 19.9 Å². The molecule has 1 aromatic heterocycles. The van der Waals surface area contributed by atoms with Crippen molar-refractivity contribution in [2.24, 2.45) is 0 Å². The van der Waals surface area contributed by atoms with Gasteiger partial charge in [-0.05, 0) is 55.8 Å². The summed E-state index contributed by atoms with van der Waals surface area (Å²) in [6.45, 7) is 3.70. The molecule has 9 heteroatoms. The van der Waals surface area contributed by atoms with Crippen molar-refractivity contribution in [2.75, 3.05) is 15.6 Å². The minimum atomic E-state index is -1.12. The molecule has 2 amide bonds. The van der Waals surface area contributed by atoms with Gasteiger partial charge in [0.25, 0.3) is 5.91 Å². The Labute approximate surface area is 211 Å². The zero-order valence-electron chi connectivity index (χ0n) is 19.0. The number of nitrogens with one attached hydrogen (secondary N) is 3. The SMILES string of the molecule is Cc1cccc2sc(NC(=O)c3ccccc3NC(=O)C3(C)C=C(Cl)N(c4ccccc4)N3)nc12. The van der Waals surface area contributed by atoms with Gasteiger partial charge in [-0.15, -0.1) is 0 Å². The molecule has 1 aliphatic rings. The van der Waals surface area contributed by atoms with E-state index in [2.05, 4.69) is 21.0 Å². The third-order valence-corrected chi connectivity index (χ3v) is 6.93. The van der Waals surface area contributed by atoms with Gasteiger partial charge in [0.2, 0.25) is 5.91 Å². The van der Waals surface area contributed by atoms with Crippen molar-refractivity contribution in [1.29, 1.82) is 0 Å². The maximum absolute atomic E-state index is 13.3. The number of para-hydroxylation sites is 3. The van der Waals surface area contributed by atoms with Crippen LogP contribution in [-0.2, 0) is 4.79 Å². The molecule has 1 unspecified atom stereocenters. The lowest BCUT2D eigenvalue weighted by Crippen LogP contribution is -2.53. The number of rotatable bonds is 5. The quantitative estimate of drug-likeness (QED) is 0.306. The first kappa shape index (κ1) is 23.0. The number of halogens is 1. The van der Waals surface area contributed by atoms with Gasteiger partial charge >= 0.3 is 0 Å². The van der Waals surface area contributed by atoms with Gasteiger partial charge in [0.15, 0.2) is 5.13 Å². The molecule has 35 heavy (non-hydrogen) atoms. The highest BCUT2D eigenvalue weighted by atomic mass is 35.5. The van der Waals surface area contributed by atoms with E-state index in [9.17, 15) is 9.59 Å². The van der Waals surface area contributed by atoms with Crippen molar-refractivity contribution in [2.45, 2.75) is 19.4 Å². The van der Waals surface area contributed by atoms with Crippen molar-refractivity contribution in [3.8, 4) is 0 Å². The lowest BCUT2D eigenvalue weighted by Gasteiger charge is -2.27. The predicted octanol–water partition coefficient (Wildman–Crippen LogP) is 5.66. The van der Waals surface area contributed by atoms with Crippen LogP contribution in [0.1, 0.15) is 22.8 Å². The Bertz CT molecular complexity index is 1470. The van der Waals surface area contributed by atoms with E-state index >= 15 is 0 Å². The maximum Gasteiger partial charge on any atom is 0.259 e. The van der Waals surface area contributed by atoms with Gasteiger partial charge in [0.05, 0.1) is 27.2 Å². The Morgan fingerprint density at radius 2 is 1.74 bits per heavy atom. The number of carbonyl (C=O) groups is 2. The topological polar surface area (TPSA) is 86.4 Å². The molecule has 5 rings (SSSR count). The molecule has 3 N–H and O–H groups in total. The van der Waals surface area contributed by atoms with Crippen LogP contribution in [0.2, 0.25) is 0 Å². The van der Waals surface area contributed by atoms with E-state index in [1.54, 1.807) is 42.3 Å². The second-order valence-electron chi connectivity index (χ2n) is 8.35. The molecule has 2 heterocycles. The number of fused-ring (bicyclic) bond motifs is 1. The lowest BCUT2D eigenvalue weighted by atomic mass is 10.0. The summed E-state index contributed by atoms with van der Waals surface area (Å²) >= 11 is 7.84. The van der Waals surface area contributed by atoms with Crippen molar-refractivity contribution in [1.82, 2.24) is 10.4 Å². The number of carbonyl (C=O) groups excluding carboxylic acids is 2. The van der Waals surface area contributed by atoms with Gasteiger partial charge in [-0.2, -0.15) is 0 Å². The predicted molar refractivity (Wildman–Crippen MR) is 142 cm³/mol. The zero-order chi connectivity index (χ0) is 24.6. The molecule has 7 nitrogen and oxygen atoms in total. The molecule has 0 saturated heterocycles. The number of amides is 2. The average molecular weight is 504 g/mol. The molecule has 0 aliphatic carbocycles. The van der Waals surface area contributed by atoms with Crippen LogP contribution in [0.4, 0.5) is 16.5 Å². The Balaban J connectivity index is 1.35. The Hall–Kier alpha value is -3.72. The van der Waals surface area contributed by atoms with Gasteiger partial charge in [0.1, 0.15) is 10.7 Å². The fraction of sp³-hybridized carbons (Fsp3) is 0.115. The second kappa shape index (κ2) is 9.14. The average Bonchev–Trinajstić information content (AvgIpc) is 3.41. The molecule has 1 atom stereocenters. The Kier molecular flexibility index (Phi) is 6.02. The number of aryl methyl sites for hydroxylation is 1. The minimum absolute atomic E-state index is 0.327. The summed E-state index contributed by atoms with van der Waals surface area (Å²) in [6, 6.07) is 22.2. The zero-order valence-corrected chi connectivity index (χ0v) is 20.6. The van der Waals surface area contributed by atoms with Crippen LogP contribution in [0.5, 0.6) is 0 Å². The molecule has 3 aromatic carbocycles. The van der Waals surface area contributed by atoms with Crippen molar-refractivity contribution >= 4 is 61.5 Å². The summed E-state index contributed by atoms with van der Waals surface area (Å²) < 4.78 is 0.994. The van der Waals surface area contributed by atoms with Crippen LogP contribution in [0, 0.1) is 6.92 Å². The van der Waals surface area contributed by atoms with E-state index in [0.717, 1.165) is 21.5 Å². The number of nitrogens with zero attached hydrogens (tertiary/aromatic N) is 2. The number of anilines is 3. The van der Waals surface area contributed by atoms with Crippen LogP contribution in [-0.4, -0.2) is 22.3 Å². The van der Waals surface area contributed by atoms with E-state index in [1.807, 2.05) is 55.5 Å². The molecule has 1 aliphatic heterocycles. The summed E-state index contributed by atoms with van der Waals surface area (Å²) in [6.07, 6.45) is 1.64. The van der Waals surface area contributed by atoms with Gasteiger partial charge in [-0.1, -0.05) is 65.4 Å². The highest BCUT2D eigenvalue weighted by molar-refractivity contribution is 7.22. The fourth-order valence-corrected chi connectivity index (χ4v) is 5.15. The molecule has 0 spiro atoms. The minimum Gasteiger partial charge on any atom is -0.323 e. The molecule has 176 valence electrons. The van der Waals surface area contributed by atoms with Crippen molar-refractivity contribution in [3.63, 3.8) is 0 Å². The highest BCUT2D eigenvalue weighted by Crippen LogP contribution is 2.31. The lowest BCUT2D eigenvalue weighted by molar-refractivity contribution is -0.120. The number of hydrogen-bond donors (Lipinski definition) is 3. The smallest absolute Gasteiger partial charge is 0.259 e. The standard InChI is InChI=1S/C26H22ClN5O2S/c1-16-9-8-14-20-22(16)29-25(35-20)30-23(33)18-12-6-7-13-19(18)28-24(34)26(2)15-21(27)32(31-26)17-10-4-3-5-11-17/h3-15,31H,1-2H3,(H,28,34)(H,29,30,33). The monoisotopic (exact) mass is 503 g/mol. The number of hydrazine groups is 1. The number of hydrogen-bond acceptors (Lipinski definition) is 6. The maximum atomic E-state index is 13.3. The summed E-state index contributed by atoms with van der Waals surface area (Å²) in [5.41, 5.74) is 5.45. The molecule has 0 bridgehead atoms. The van der Waals surface area contributed by atoms with Gasteiger partial charge < -0.3 is 5.32 Å². The van der Waals surface area contributed by atoms with Crippen LogP contribution in [0.25, 0.3) is 10.2 Å². The first-order valence-electron chi connectivity index (χ1n) is 10.9. The van der Waals surface area contributed by atoms with Crippen molar-refractivity contribution < 1.29 is 9.59 Å². The molecular weight excluding hydrogens is 482 g/mol. The van der Waals surface area contributed by atoms with E-state index in [1.165, 1.54) is 11.3 Å². The number of thiazole rings is 1. The Morgan fingerprint density at radius 3 is 2.51 bits per heavy atom. The largest absolute Gasteiger partial charge is 0.323 e. The molecule has 0 fully saturated rings. The van der Waals surface area contributed by atoms with Crippen LogP contribution in [0.3, 0.4) is 0 Å². The molecule has 0 saturated carbocycles. The van der Waals surface area contributed by atoms with E-state index in [0.29, 0.717) is 21.5 Å². The Morgan fingerprint density at radius 1 is 1.00 bits per heavy atom. The van der Waals surface area contributed by atoms with E-state index in [4.69, 9.17) is 11.6 Å². The number of aromatic nitrogens is 1. The first-order valence-corrected chi connectivity index (χ1v) is 12.1. The van der Waals surface area contributed by atoms with Gasteiger partial charge in [-0.25, -0.2) is 10.4 Å². The van der Waals surface area contributed by atoms with Crippen LogP contribution in [0.15, 0.2) is 84.0 Å². The second-order valence-corrected chi connectivity index (χ2v) is 9.76. The third-order valence-electron chi connectivity index (χ3n) is 5.71. The highest BCUT2D eigenvalue weighted by Gasteiger charge is 2.40. The number of benzene rings is 3. The summed E-state index contributed by atoms with van der Waals surface area (Å²) in [5.74, 6) is -0.716. The molecule has 0 radical (unpaired) electrons. The molecular formula is C26H22ClN5O2S. The normalized spacial score (nSPS) is 17.3.